The average molecular weight is 276 g/mol. The van der Waals surface area contributed by atoms with Crippen molar-refractivity contribution in [3.63, 3.8) is 0 Å². The highest BCUT2D eigenvalue weighted by molar-refractivity contribution is 6.00. The highest BCUT2D eigenvalue weighted by Gasteiger charge is 2.23. The summed E-state index contributed by atoms with van der Waals surface area (Å²) in [6.07, 6.45) is 3.85. The van der Waals surface area contributed by atoms with Gasteiger partial charge in [0.05, 0.1) is 17.9 Å². The zero-order chi connectivity index (χ0) is 14.4. The second-order valence-corrected chi connectivity index (χ2v) is 4.91. The first-order valence-electron chi connectivity index (χ1n) is 7.04. The molecule has 0 unspecified atom stereocenters. The second-order valence-electron chi connectivity index (χ2n) is 4.91. The van der Waals surface area contributed by atoms with E-state index >= 15 is 0 Å². The molecule has 0 radical (unpaired) electrons. The van der Waals surface area contributed by atoms with E-state index in [0.29, 0.717) is 17.9 Å². The van der Waals surface area contributed by atoms with Gasteiger partial charge in [0, 0.05) is 6.04 Å². The summed E-state index contributed by atoms with van der Waals surface area (Å²) in [5.74, 6) is -0.402. The van der Waals surface area contributed by atoms with Gasteiger partial charge >= 0.3 is 12.0 Å². The monoisotopic (exact) mass is 276 g/mol. The van der Waals surface area contributed by atoms with Crippen molar-refractivity contribution < 1.29 is 14.3 Å². The fourth-order valence-electron chi connectivity index (χ4n) is 1.73. The fraction of sp³-hybridized carbons (Fsp3) is 0.467. The predicted molar refractivity (Wildman–Crippen MR) is 76.8 cm³/mol. The molecular formula is C15H20N2O3. The number of carbonyl (C=O) groups is 2. The molecule has 0 aliphatic heterocycles. The minimum absolute atomic E-state index is 0.277. The molecule has 1 saturated carbocycles. The summed E-state index contributed by atoms with van der Waals surface area (Å²) in [5, 5.41) is 5.52. The van der Waals surface area contributed by atoms with Crippen molar-refractivity contribution in [1.82, 2.24) is 5.32 Å². The number of hydrogen-bond acceptors (Lipinski definition) is 3. The minimum Gasteiger partial charge on any atom is -0.462 e. The number of nitrogens with one attached hydrogen (secondary N) is 2. The smallest absolute Gasteiger partial charge is 0.340 e. The van der Waals surface area contributed by atoms with Crippen LogP contribution in [0.15, 0.2) is 24.3 Å². The number of amides is 2. The van der Waals surface area contributed by atoms with Gasteiger partial charge in [-0.1, -0.05) is 25.5 Å². The van der Waals surface area contributed by atoms with Crippen LogP contribution in [0.1, 0.15) is 43.0 Å². The molecule has 2 rings (SSSR count). The van der Waals surface area contributed by atoms with Gasteiger partial charge in [-0.15, -0.1) is 0 Å². The van der Waals surface area contributed by atoms with E-state index in [0.717, 1.165) is 25.7 Å². The maximum Gasteiger partial charge on any atom is 0.340 e. The van der Waals surface area contributed by atoms with Gasteiger partial charge < -0.3 is 15.4 Å². The van der Waals surface area contributed by atoms with Crippen LogP contribution in [0.5, 0.6) is 0 Å². The first-order chi connectivity index (χ1) is 9.70. The molecule has 108 valence electrons. The van der Waals surface area contributed by atoms with Gasteiger partial charge in [0.25, 0.3) is 0 Å². The number of urea groups is 1. The Labute approximate surface area is 118 Å². The van der Waals surface area contributed by atoms with Crippen molar-refractivity contribution in [2.45, 2.75) is 38.6 Å². The second kappa shape index (κ2) is 6.93. The molecule has 0 bridgehead atoms. The van der Waals surface area contributed by atoms with Crippen molar-refractivity contribution in [3.8, 4) is 0 Å². The summed E-state index contributed by atoms with van der Waals surface area (Å²) in [5.41, 5.74) is 0.863. The number of unbranched alkanes of at least 4 members (excludes halogenated alkanes) is 1. The third-order valence-corrected chi connectivity index (χ3v) is 3.04. The molecule has 1 aliphatic rings. The summed E-state index contributed by atoms with van der Waals surface area (Å²) in [6.45, 7) is 2.43. The third-order valence-electron chi connectivity index (χ3n) is 3.04. The van der Waals surface area contributed by atoms with Crippen molar-refractivity contribution >= 4 is 17.7 Å². The molecule has 5 nitrogen and oxygen atoms in total. The Balaban J connectivity index is 1.97. The Kier molecular flexibility index (Phi) is 4.98. The summed E-state index contributed by atoms with van der Waals surface area (Å²) in [6, 6.07) is 6.87. The van der Waals surface area contributed by atoms with Crippen LogP contribution in [0.25, 0.3) is 0 Å². The van der Waals surface area contributed by atoms with E-state index < -0.39 is 5.97 Å². The number of benzene rings is 1. The first-order valence-corrected chi connectivity index (χ1v) is 7.04. The van der Waals surface area contributed by atoms with Gasteiger partial charge in [-0.25, -0.2) is 9.59 Å². The molecule has 0 atom stereocenters. The Morgan fingerprint density at radius 3 is 2.75 bits per heavy atom. The lowest BCUT2D eigenvalue weighted by Gasteiger charge is -2.11. The highest BCUT2D eigenvalue weighted by Crippen LogP contribution is 2.20. The largest absolute Gasteiger partial charge is 0.462 e. The summed E-state index contributed by atoms with van der Waals surface area (Å²) in [4.78, 5) is 23.7. The van der Waals surface area contributed by atoms with Gasteiger partial charge in [-0.3, -0.25) is 0 Å². The van der Waals surface area contributed by atoms with Crippen molar-refractivity contribution in [1.29, 1.82) is 0 Å². The average Bonchev–Trinajstić information content (AvgIpc) is 3.23. The number of hydrogen-bond donors (Lipinski definition) is 2. The summed E-state index contributed by atoms with van der Waals surface area (Å²) in [7, 11) is 0. The normalized spacial score (nSPS) is 13.7. The Morgan fingerprint density at radius 2 is 2.05 bits per heavy atom. The van der Waals surface area contributed by atoms with E-state index in [1.54, 1.807) is 24.3 Å². The lowest BCUT2D eigenvalue weighted by atomic mass is 10.2. The van der Waals surface area contributed by atoms with Crippen LogP contribution in [0.4, 0.5) is 10.5 Å². The van der Waals surface area contributed by atoms with E-state index in [2.05, 4.69) is 10.6 Å². The van der Waals surface area contributed by atoms with Crippen LogP contribution in [0.3, 0.4) is 0 Å². The van der Waals surface area contributed by atoms with Gasteiger partial charge in [0.2, 0.25) is 0 Å². The maximum atomic E-state index is 12.0. The van der Waals surface area contributed by atoms with E-state index in [9.17, 15) is 9.59 Å². The summed E-state index contributed by atoms with van der Waals surface area (Å²) < 4.78 is 5.17. The predicted octanol–water partition coefficient (Wildman–Crippen LogP) is 2.93. The number of para-hydroxylation sites is 1. The van der Waals surface area contributed by atoms with E-state index in [1.807, 2.05) is 6.92 Å². The quantitative estimate of drug-likeness (QED) is 0.620. The Bertz CT molecular complexity index is 484. The van der Waals surface area contributed by atoms with E-state index in [-0.39, 0.29) is 12.1 Å². The van der Waals surface area contributed by atoms with Crippen LogP contribution in [0, 0.1) is 0 Å². The molecule has 5 heteroatoms. The zero-order valence-corrected chi connectivity index (χ0v) is 11.6. The topological polar surface area (TPSA) is 67.4 Å². The van der Waals surface area contributed by atoms with E-state index in [4.69, 9.17) is 4.74 Å². The summed E-state index contributed by atoms with van der Waals surface area (Å²) >= 11 is 0. The molecule has 2 amide bonds. The number of carbonyl (C=O) groups excluding carboxylic acids is 2. The molecule has 1 fully saturated rings. The van der Waals surface area contributed by atoms with Crippen LogP contribution in [-0.4, -0.2) is 24.6 Å². The molecule has 0 heterocycles. The zero-order valence-electron chi connectivity index (χ0n) is 11.6. The number of ether oxygens (including phenoxy) is 1. The van der Waals surface area contributed by atoms with Crippen molar-refractivity contribution in [2.75, 3.05) is 11.9 Å². The lowest BCUT2D eigenvalue weighted by Crippen LogP contribution is -2.31. The highest BCUT2D eigenvalue weighted by atomic mass is 16.5. The van der Waals surface area contributed by atoms with Crippen molar-refractivity contribution in [3.05, 3.63) is 29.8 Å². The third kappa shape index (κ3) is 4.26. The molecule has 1 aromatic rings. The number of esters is 1. The van der Waals surface area contributed by atoms with Crippen LogP contribution >= 0.6 is 0 Å². The molecule has 0 spiro atoms. The van der Waals surface area contributed by atoms with Crippen molar-refractivity contribution in [2.24, 2.45) is 0 Å². The maximum absolute atomic E-state index is 12.0. The van der Waals surface area contributed by atoms with Gasteiger partial charge in [0.15, 0.2) is 0 Å². The molecule has 1 aliphatic carbocycles. The number of rotatable bonds is 6. The number of anilines is 1. The minimum atomic E-state index is -0.402. The molecule has 2 N–H and O–H groups in total. The van der Waals surface area contributed by atoms with E-state index in [1.165, 1.54) is 0 Å². The first kappa shape index (κ1) is 14.4. The Morgan fingerprint density at radius 1 is 1.30 bits per heavy atom. The SMILES string of the molecule is CCCCOC(=O)c1ccccc1NC(=O)NC1CC1. The molecule has 0 saturated heterocycles. The van der Waals surface area contributed by atoms with Crippen LogP contribution < -0.4 is 10.6 Å². The lowest BCUT2D eigenvalue weighted by molar-refractivity contribution is 0.0501. The Hall–Kier alpha value is -2.04. The van der Waals surface area contributed by atoms with Crippen LogP contribution in [-0.2, 0) is 4.74 Å². The fourth-order valence-corrected chi connectivity index (χ4v) is 1.73. The molecular weight excluding hydrogens is 256 g/mol. The molecule has 0 aromatic heterocycles. The standard InChI is InChI=1S/C15H20N2O3/c1-2-3-10-20-14(18)12-6-4-5-7-13(12)17-15(19)16-11-8-9-11/h4-7,11H,2-3,8-10H2,1H3,(H2,16,17,19). The van der Waals surface area contributed by atoms with Gasteiger partial charge in [-0.05, 0) is 31.4 Å². The van der Waals surface area contributed by atoms with Gasteiger partial charge in [-0.2, -0.15) is 0 Å². The molecule has 1 aromatic carbocycles. The molecule has 20 heavy (non-hydrogen) atoms. The van der Waals surface area contributed by atoms with Crippen LogP contribution in [0.2, 0.25) is 0 Å². The van der Waals surface area contributed by atoms with Gasteiger partial charge in [0.1, 0.15) is 0 Å².